The van der Waals surface area contributed by atoms with Gasteiger partial charge in [-0.15, -0.1) is 12.4 Å². The van der Waals surface area contributed by atoms with Crippen LogP contribution >= 0.6 is 12.4 Å². The molecule has 144 valence electrons. The van der Waals surface area contributed by atoms with Crippen LogP contribution in [0, 0.1) is 0 Å². The summed E-state index contributed by atoms with van der Waals surface area (Å²) in [5.74, 6) is -0.149. The van der Waals surface area contributed by atoms with Gasteiger partial charge in [-0.1, -0.05) is 18.2 Å². The highest BCUT2D eigenvalue weighted by atomic mass is 35.5. The molecular weight excluding hydrogens is 386 g/mol. The van der Waals surface area contributed by atoms with Gasteiger partial charge in [-0.05, 0) is 46.9 Å². The van der Waals surface area contributed by atoms with Gasteiger partial charge in [0.2, 0.25) is 10.0 Å². The van der Waals surface area contributed by atoms with Crippen LogP contribution in [0.15, 0.2) is 36.4 Å². The van der Waals surface area contributed by atoms with Crippen molar-refractivity contribution in [3.63, 3.8) is 0 Å². The Morgan fingerprint density at radius 1 is 1.11 bits per heavy atom. The number of carbonyl (C=O) groups excluding carboxylic acids is 1. The summed E-state index contributed by atoms with van der Waals surface area (Å²) in [5.41, 5.74) is 5.80. The lowest BCUT2D eigenvalue weighted by molar-refractivity contribution is 0.0951. The van der Waals surface area contributed by atoms with Gasteiger partial charge >= 0.3 is 0 Å². The van der Waals surface area contributed by atoms with Crippen molar-refractivity contribution >= 4 is 34.0 Å². The molecule has 0 aromatic heterocycles. The maximum Gasteiger partial charge on any atom is 0.251 e. The number of sulfonamides is 1. The van der Waals surface area contributed by atoms with Gasteiger partial charge in [0.05, 0.1) is 11.9 Å². The molecule has 0 atom stereocenters. The van der Waals surface area contributed by atoms with E-state index in [2.05, 4.69) is 22.8 Å². The summed E-state index contributed by atoms with van der Waals surface area (Å²) in [5, 5.41) is 6.26. The van der Waals surface area contributed by atoms with Crippen molar-refractivity contribution in [2.24, 2.45) is 0 Å². The van der Waals surface area contributed by atoms with Crippen molar-refractivity contribution in [1.29, 1.82) is 0 Å². The van der Waals surface area contributed by atoms with E-state index in [0.29, 0.717) is 30.8 Å². The highest BCUT2D eigenvalue weighted by molar-refractivity contribution is 7.92. The maximum atomic E-state index is 12.5. The van der Waals surface area contributed by atoms with E-state index in [1.807, 2.05) is 6.07 Å². The Kier molecular flexibility index (Phi) is 5.46. The molecule has 2 aromatic carbocycles. The summed E-state index contributed by atoms with van der Waals surface area (Å²) in [6.45, 7) is 2.68. The second-order valence-corrected chi connectivity index (χ2v) is 8.72. The number of fused-ring (bicyclic) bond motifs is 2. The van der Waals surface area contributed by atoms with E-state index in [9.17, 15) is 13.2 Å². The molecule has 0 radical (unpaired) electrons. The number of nitrogens with one attached hydrogen (secondary N) is 2. The van der Waals surface area contributed by atoms with Gasteiger partial charge in [0.25, 0.3) is 5.91 Å². The number of benzene rings is 2. The van der Waals surface area contributed by atoms with Crippen LogP contribution in [-0.2, 0) is 36.1 Å². The third-order valence-electron chi connectivity index (χ3n) is 4.95. The zero-order valence-electron chi connectivity index (χ0n) is 15.0. The van der Waals surface area contributed by atoms with Crippen LogP contribution in [0.2, 0.25) is 0 Å². The summed E-state index contributed by atoms with van der Waals surface area (Å²) in [4.78, 5) is 12.5. The largest absolute Gasteiger partial charge is 0.348 e. The van der Waals surface area contributed by atoms with Crippen molar-refractivity contribution in [3.8, 4) is 0 Å². The van der Waals surface area contributed by atoms with E-state index in [0.717, 1.165) is 24.2 Å². The number of hydrogen-bond acceptors (Lipinski definition) is 4. The average Bonchev–Trinajstić information content (AvgIpc) is 3.24. The van der Waals surface area contributed by atoms with Crippen LogP contribution in [-0.4, -0.2) is 27.1 Å². The fraction of sp³-hybridized carbons (Fsp3) is 0.316. The lowest BCUT2D eigenvalue weighted by Crippen LogP contribution is -2.27. The fourth-order valence-corrected chi connectivity index (χ4v) is 4.56. The summed E-state index contributed by atoms with van der Waals surface area (Å²) >= 11 is 0. The highest BCUT2D eigenvalue weighted by Crippen LogP contribution is 2.30. The van der Waals surface area contributed by atoms with E-state index in [1.165, 1.54) is 21.7 Å². The smallest absolute Gasteiger partial charge is 0.251 e. The van der Waals surface area contributed by atoms with Crippen LogP contribution in [0.5, 0.6) is 0 Å². The summed E-state index contributed by atoms with van der Waals surface area (Å²) in [6.07, 6.45) is 1.83. The van der Waals surface area contributed by atoms with Crippen molar-refractivity contribution in [2.45, 2.75) is 26.1 Å². The van der Waals surface area contributed by atoms with Crippen molar-refractivity contribution in [2.75, 3.05) is 17.1 Å². The van der Waals surface area contributed by atoms with Gasteiger partial charge in [0.15, 0.2) is 0 Å². The van der Waals surface area contributed by atoms with Crippen molar-refractivity contribution in [3.05, 3.63) is 64.2 Å². The van der Waals surface area contributed by atoms with E-state index in [-0.39, 0.29) is 18.3 Å². The predicted octanol–water partition coefficient (Wildman–Crippen LogP) is 1.96. The second kappa shape index (κ2) is 7.50. The molecule has 6 nitrogen and oxygen atoms in total. The Hall–Kier alpha value is -2.09. The molecule has 2 aliphatic rings. The standard InChI is InChI=1S/C19H21N3O3S.ClH/c1-26(24,25)22-7-6-14-9-15(4-5-18(14)22)19(23)21-10-13-2-3-16-11-20-12-17(16)8-13;/h2-5,8-9,20H,6-7,10-12H2,1H3,(H,21,23);1H. The number of anilines is 1. The first-order valence-electron chi connectivity index (χ1n) is 8.62. The van der Waals surface area contributed by atoms with Gasteiger partial charge in [0, 0.05) is 31.7 Å². The van der Waals surface area contributed by atoms with E-state index >= 15 is 0 Å². The third-order valence-corrected chi connectivity index (χ3v) is 6.13. The molecule has 0 fully saturated rings. The Morgan fingerprint density at radius 3 is 2.67 bits per heavy atom. The minimum atomic E-state index is -3.27. The molecule has 0 bridgehead atoms. The Labute approximate surface area is 165 Å². The number of halogens is 1. The Morgan fingerprint density at radius 2 is 1.89 bits per heavy atom. The van der Waals surface area contributed by atoms with Crippen LogP contribution in [0.1, 0.15) is 32.6 Å². The predicted molar refractivity (Wildman–Crippen MR) is 108 cm³/mol. The average molecular weight is 408 g/mol. The highest BCUT2D eigenvalue weighted by Gasteiger charge is 2.26. The quantitative estimate of drug-likeness (QED) is 0.812. The fourth-order valence-electron chi connectivity index (χ4n) is 3.60. The maximum absolute atomic E-state index is 12.5. The van der Waals surface area contributed by atoms with Gasteiger partial charge in [-0.2, -0.15) is 0 Å². The second-order valence-electron chi connectivity index (χ2n) is 6.82. The Bertz CT molecular complexity index is 992. The van der Waals surface area contributed by atoms with E-state index < -0.39 is 10.0 Å². The molecule has 8 heteroatoms. The molecule has 2 N–H and O–H groups in total. The molecule has 2 heterocycles. The molecule has 0 saturated heterocycles. The van der Waals surface area contributed by atoms with Crippen LogP contribution < -0.4 is 14.9 Å². The number of hydrogen-bond donors (Lipinski definition) is 2. The first kappa shape index (κ1) is 19.7. The molecule has 27 heavy (non-hydrogen) atoms. The monoisotopic (exact) mass is 407 g/mol. The van der Waals surface area contributed by atoms with Crippen LogP contribution in [0.25, 0.3) is 0 Å². The topological polar surface area (TPSA) is 78.5 Å². The SMILES string of the molecule is CS(=O)(=O)N1CCc2cc(C(=O)NCc3ccc4c(c3)CNC4)ccc21.Cl. The molecule has 0 aliphatic carbocycles. The van der Waals surface area contributed by atoms with Crippen LogP contribution in [0.3, 0.4) is 0 Å². The van der Waals surface area contributed by atoms with Gasteiger partial charge in [-0.3, -0.25) is 9.10 Å². The zero-order chi connectivity index (χ0) is 18.3. The van der Waals surface area contributed by atoms with Gasteiger partial charge < -0.3 is 10.6 Å². The molecule has 2 aliphatic heterocycles. The van der Waals surface area contributed by atoms with Gasteiger partial charge in [0.1, 0.15) is 0 Å². The minimum Gasteiger partial charge on any atom is -0.348 e. The lowest BCUT2D eigenvalue weighted by atomic mass is 10.1. The minimum absolute atomic E-state index is 0. The van der Waals surface area contributed by atoms with Crippen LogP contribution in [0.4, 0.5) is 5.69 Å². The molecule has 0 unspecified atom stereocenters. The molecule has 0 spiro atoms. The van der Waals surface area contributed by atoms with Gasteiger partial charge in [-0.25, -0.2) is 8.42 Å². The number of rotatable bonds is 4. The summed E-state index contributed by atoms with van der Waals surface area (Å²) in [7, 11) is -3.27. The summed E-state index contributed by atoms with van der Waals surface area (Å²) in [6, 6.07) is 11.5. The van der Waals surface area contributed by atoms with Crippen molar-refractivity contribution < 1.29 is 13.2 Å². The molecular formula is C19H22ClN3O3S. The van der Waals surface area contributed by atoms with E-state index in [1.54, 1.807) is 18.2 Å². The number of amides is 1. The summed E-state index contributed by atoms with van der Waals surface area (Å²) < 4.78 is 25.0. The first-order chi connectivity index (χ1) is 12.4. The molecule has 4 rings (SSSR count). The molecule has 1 amide bonds. The number of carbonyl (C=O) groups is 1. The molecule has 0 saturated carbocycles. The Balaban J connectivity index is 0.00000210. The van der Waals surface area contributed by atoms with Crippen molar-refractivity contribution in [1.82, 2.24) is 10.6 Å². The molecule has 2 aromatic rings. The lowest BCUT2D eigenvalue weighted by Gasteiger charge is -2.16. The number of nitrogens with zero attached hydrogens (tertiary/aromatic N) is 1. The normalized spacial score (nSPS) is 15.1. The first-order valence-corrected chi connectivity index (χ1v) is 10.5. The third kappa shape index (κ3) is 3.95. The zero-order valence-corrected chi connectivity index (χ0v) is 16.6. The van der Waals surface area contributed by atoms with E-state index in [4.69, 9.17) is 0 Å².